The number of aryl methyl sites for hydroxylation is 1. The summed E-state index contributed by atoms with van der Waals surface area (Å²) in [6.07, 6.45) is 1.28. The van der Waals surface area contributed by atoms with Crippen LogP contribution in [0.4, 0.5) is 10.8 Å². The minimum absolute atomic E-state index is 0.102. The first-order valence-corrected chi connectivity index (χ1v) is 11.4. The summed E-state index contributed by atoms with van der Waals surface area (Å²) in [5, 5.41) is 20.3. The third kappa shape index (κ3) is 5.70. The lowest BCUT2D eigenvalue weighted by molar-refractivity contribution is 0.0955. The number of hydrazone groups is 1. The lowest BCUT2D eigenvalue weighted by atomic mass is 10.1. The van der Waals surface area contributed by atoms with Crippen LogP contribution in [0, 0.1) is 6.92 Å². The van der Waals surface area contributed by atoms with Gasteiger partial charge in [-0.05, 0) is 43.3 Å². The molecule has 4 aromatic rings. The molecule has 0 radical (unpaired) electrons. The van der Waals surface area contributed by atoms with E-state index in [1.165, 1.54) is 35.2 Å². The fourth-order valence-corrected chi connectivity index (χ4v) is 4.17. The average molecular weight is 497 g/mol. The Hall–Kier alpha value is -3.39. The van der Waals surface area contributed by atoms with E-state index in [1.54, 1.807) is 12.1 Å². The van der Waals surface area contributed by atoms with Gasteiger partial charge < -0.3 is 10.4 Å². The minimum atomic E-state index is -0.398. The second-order valence-electron chi connectivity index (χ2n) is 7.13. The van der Waals surface area contributed by atoms with E-state index in [2.05, 4.69) is 20.8 Å². The number of hydrogen-bond acceptors (Lipinski definition) is 6. The maximum Gasteiger partial charge on any atom is 0.271 e. The van der Waals surface area contributed by atoms with Crippen LogP contribution in [-0.2, 0) is 0 Å². The SMILES string of the molecule is Cc1ccc(Nc2nc(-c3ccc(C(=O)N/N=C\c4cc(Cl)cc(Cl)c4O)cc3)cs2)cc1. The zero-order chi connectivity index (χ0) is 23.4. The van der Waals surface area contributed by atoms with E-state index < -0.39 is 5.91 Å². The molecule has 33 heavy (non-hydrogen) atoms. The Bertz CT molecular complexity index is 1320. The molecule has 0 bridgehead atoms. The summed E-state index contributed by atoms with van der Waals surface area (Å²) in [4.78, 5) is 17.0. The highest BCUT2D eigenvalue weighted by molar-refractivity contribution is 7.14. The van der Waals surface area contributed by atoms with Crippen molar-refractivity contribution in [3.63, 3.8) is 0 Å². The van der Waals surface area contributed by atoms with Crippen LogP contribution in [0.2, 0.25) is 10.0 Å². The van der Waals surface area contributed by atoms with E-state index in [0.717, 1.165) is 22.1 Å². The third-order valence-electron chi connectivity index (χ3n) is 4.68. The molecular formula is C24H18Cl2N4O2S. The Morgan fingerprint density at radius 1 is 1.09 bits per heavy atom. The predicted octanol–water partition coefficient (Wildman–Crippen LogP) is 6.64. The van der Waals surface area contributed by atoms with Crippen molar-refractivity contribution in [2.75, 3.05) is 5.32 Å². The van der Waals surface area contributed by atoms with Gasteiger partial charge in [-0.1, -0.05) is 53.0 Å². The van der Waals surface area contributed by atoms with Gasteiger partial charge in [0.15, 0.2) is 5.13 Å². The van der Waals surface area contributed by atoms with E-state index >= 15 is 0 Å². The maximum absolute atomic E-state index is 12.4. The number of nitrogens with one attached hydrogen (secondary N) is 2. The number of aromatic nitrogens is 1. The Morgan fingerprint density at radius 3 is 2.55 bits per heavy atom. The number of phenols is 1. The molecule has 1 amide bonds. The molecule has 3 aromatic carbocycles. The summed E-state index contributed by atoms with van der Waals surface area (Å²) in [6.45, 7) is 2.04. The number of hydrogen-bond donors (Lipinski definition) is 3. The molecule has 3 N–H and O–H groups in total. The number of halogens is 2. The summed E-state index contributed by atoms with van der Waals surface area (Å²) < 4.78 is 0. The van der Waals surface area contributed by atoms with Crippen LogP contribution in [0.15, 0.2) is 71.1 Å². The van der Waals surface area contributed by atoms with Gasteiger partial charge in [0.2, 0.25) is 0 Å². The molecule has 0 unspecified atom stereocenters. The van der Waals surface area contributed by atoms with Gasteiger partial charge in [0.05, 0.1) is 16.9 Å². The van der Waals surface area contributed by atoms with Gasteiger partial charge in [0.25, 0.3) is 5.91 Å². The first-order chi connectivity index (χ1) is 15.9. The van der Waals surface area contributed by atoms with Gasteiger partial charge in [-0.15, -0.1) is 11.3 Å². The highest BCUT2D eigenvalue weighted by atomic mass is 35.5. The van der Waals surface area contributed by atoms with Crippen LogP contribution in [0.1, 0.15) is 21.5 Å². The largest absolute Gasteiger partial charge is 0.506 e. The molecular weight excluding hydrogens is 479 g/mol. The van der Waals surface area contributed by atoms with Crippen molar-refractivity contribution in [3.05, 3.63) is 92.8 Å². The van der Waals surface area contributed by atoms with Gasteiger partial charge in [0.1, 0.15) is 5.75 Å². The molecule has 0 aliphatic rings. The van der Waals surface area contributed by atoms with Crippen LogP contribution in [0.25, 0.3) is 11.3 Å². The lowest BCUT2D eigenvalue weighted by Gasteiger charge is -2.04. The van der Waals surface area contributed by atoms with E-state index in [-0.39, 0.29) is 10.8 Å². The number of thiazole rings is 1. The summed E-state index contributed by atoms with van der Waals surface area (Å²) in [6, 6.07) is 18.0. The van der Waals surface area contributed by atoms with Crippen LogP contribution < -0.4 is 10.7 Å². The van der Waals surface area contributed by atoms with Gasteiger partial charge in [-0.3, -0.25) is 4.79 Å². The highest BCUT2D eigenvalue weighted by Gasteiger charge is 2.09. The van der Waals surface area contributed by atoms with E-state index in [0.29, 0.717) is 16.1 Å². The standard InChI is InChI=1S/C24H18Cl2N4O2S/c1-14-2-8-19(9-3-14)28-24-29-21(13-33-24)15-4-6-16(7-5-15)23(32)30-27-12-17-10-18(25)11-20(26)22(17)31/h2-13,31H,1H3,(H,28,29)(H,30,32)/b27-12-. The molecule has 0 aliphatic heterocycles. The molecule has 1 aromatic heterocycles. The molecule has 0 aliphatic carbocycles. The van der Waals surface area contributed by atoms with E-state index in [1.807, 2.05) is 48.7 Å². The molecule has 0 atom stereocenters. The second kappa shape index (κ2) is 10.0. The molecule has 4 rings (SSSR count). The third-order valence-corrected chi connectivity index (χ3v) is 5.94. The fourth-order valence-electron chi connectivity index (χ4n) is 2.93. The molecule has 6 nitrogen and oxygen atoms in total. The van der Waals surface area contributed by atoms with E-state index in [4.69, 9.17) is 23.2 Å². The van der Waals surface area contributed by atoms with Crippen molar-refractivity contribution in [1.29, 1.82) is 0 Å². The Balaban J connectivity index is 1.39. The first kappa shape index (κ1) is 22.8. The minimum Gasteiger partial charge on any atom is -0.506 e. The molecule has 0 saturated carbocycles. The number of aromatic hydroxyl groups is 1. The maximum atomic E-state index is 12.4. The second-order valence-corrected chi connectivity index (χ2v) is 8.83. The fraction of sp³-hybridized carbons (Fsp3) is 0.0417. The van der Waals surface area contributed by atoms with Gasteiger partial charge in [-0.25, -0.2) is 10.4 Å². The van der Waals surface area contributed by atoms with Crippen molar-refractivity contribution in [1.82, 2.24) is 10.4 Å². The normalized spacial score (nSPS) is 11.0. The highest BCUT2D eigenvalue weighted by Crippen LogP contribution is 2.30. The number of nitrogens with zero attached hydrogens (tertiary/aromatic N) is 2. The van der Waals surface area contributed by atoms with Crippen molar-refractivity contribution >= 4 is 57.5 Å². The lowest BCUT2D eigenvalue weighted by Crippen LogP contribution is -2.17. The quantitative estimate of drug-likeness (QED) is 0.206. The number of phenolic OH excluding ortho intramolecular Hbond substituents is 1. The summed E-state index contributed by atoms with van der Waals surface area (Å²) in [5.41, 5.74) is 7.01. The predicted molar refractivity (Wildman–Crippen MR) is 135 cm³/mol. The first-order valence-electron chi connectivity index (χ1n) is 9.80. The van der Waals surface area contributed by atoms with Crippen molar-refractivity contribution < 1.29 is 9.90 Å². The molecule has 166 valence electrons. The number of carbonyl (C=O) groups is 1. The topological polar surface area (TPSA) is 86.6 Å². The number of rotatable bonds is 6. The Labute approximate surface area is 204 Å². The number of carbonyl (C=O) groups excluding carboxylic acids is 1. The zero-order valence-electron chi connectivity index (χ0n) is 17.3. The number of amides is 1. The molecule has 0 spiro atoms. The summed E-state index contributed by atoms with van der Waals surface area (Å²) in [5.74, 6) is -0.562. The van der Waals surface area contributed by atoms with Gasteiger partial charge in [-0.2, -0.15) is 5.10 Å². The van der Waals surface area contributed by atoms with Crippen molar-refractivity contribution in [2.45, 2.75) is 6.92 Å². The zero-order valence-corrected chi connectivity index (χ0v) is 19.7. The summed E-state index contributed by atoms with van der Waals surface area (Å²) >= 11 is 13.3. The van der Waals surface area contributed by atoms with Gasteiger partial charge in [0, 0.05) is 32.8 Å². The molecule has 9 heteroatoms. The van der Waals surface area contributed by atoms with Crippen LogP contribution >= 0.6 is 34.5 Å². The van der Waals surface area contributed by atoms with Crippen molar-refractivity contribution in [3.8, 4) is 17.0 Å². The smallest absolute Gasteiger partial charge is 0.271 e. The Kier molecular flexibility index (Phi) is 6.93. The Morgan fingerprint density at radius 2 is 1.82 bits per heavy atom. The van der Waals surface area contributed by atoms with E-state index in [9.17, 15) is 9.90 Å². The average Bonchev–Trinajstić information content (AvgIpc) is 3.27. The van der Waals surface area contributed by atoms with Crippen LogP contribution in [0.5, 0.6) is 5.75 Å². The van der Waals surface area contributed by atoms with Crippen LogP contribution in [0.3, 0.4) is 0 Å². The number of benzene rings is 3. The molecule has 0 fully saturated rings. The van der Waals surface area contributed by atoms with Crippen molar-refractivity contribution in [2.24, 2.45) is 5.10 Å². The number of anilines is 2. The van der Waals surface area contributed by atoms with Gasteiger partial charge >= 0.3 is 0 Å². The molecule has 1 heterocycles. The van der Waals surface area contributed by atoms with Crippen LogP contribution in [-0.4, -0.2) is 22.2 Å². The molecule has 0 saturated heterocycles. The monoisotopic (exact) mass is 496 g/mol. The summed E-state index contributed by atoms with van der Waals surface area (Å²) in [7, 11) is 0.